The standard InChI is InChI=1S/C11H12ClN3O2S/c1-6-4-7(2)9(8(3)5-6)10-13-11(15-14-10)18(12,16)17/h4-5H,1-3H3,(H,13,14,15). The molecular weight excluding hydrogens is 274 g/mol. The zero-order chi connectivity index (χ0) is 13.5. The molecule has 7 heteroatoms. The van der Waals surface area contributed by atoms with Crippen molar-refractivity contribution >= 4 is 19.7 Å². The van der Waals surface area contributed by atoms with Gasteiger partial charge in [-0.1, -0.05) is 17.7 Å². The van der Waals surface area contributed by atoms with Gasteiger partial charge in [0.1, 0.15) is 0 Å². The lowest BCUT2D eigenvalue weighted by atomic mass is 9.99. The van der Waals surface area contributed by atoms with Gasteiger partial charge in [-0.25, -0.2) is 13.5 Å². The third kappa shape index (κ3) is 2.39. The van der Waals surface area contributed by atoms with Crippen LogP contribution in [0.3, 0.4) is 0 Å². The van der Waals surface area contributed by atoms with Crippen LogP contribution in [0.1, 0.15) is 16.7 Å². The van der Waals surface area contributed by atoms with E-state index in [0.717, 1.165) is 22.3 Å². The summed E-state index contributed by atoms with van der Waals surface area (Å²) in [5, 5.41) is 5.90. The minimum Gasteiger partial charge on any atom is -0.248 e. The van der Waals surface area contributed by atoms with Gasteiger partial charge in [0, 0.05) is 16.2 Å². The number of halogens is 1. The number of rotatable bonds is 2. The van der Waals surface area contributed by atoms with Gasteiger partial charge in [0.25, 0.3) is 14.2 Å². The number of H-pyrrole nitrogens is 1. The Hall–Kier alpha value is -1.40. The third-order valence-electron chi connectivity index (χ3n) is 2.60. The molecular formula is C11H12ClN3O2S. The third-order valence-corrected chi connectivity index (χ3v) is 3.68. The summed E-state index contributed by atoms with van der Waals surface area (Å²) in [5.41, 5.74) is 3.94. The molecule has 2 aromatic rings. The minimum absolute atomic E-state index is 0.335. The van der Waals surface area contributed by atoms with Gasteiger partial charge < -0.3 is 0 Å². The maximum atomic E-state index is 11.1. The summed E-state index contributed by atoms with van der Waals surface area (Å²) in [6, 6.07) is 3.99. The average Bonchev–Trinajstić information content (AvgIpc) is 2.64. The normalized spacial score (nSPS) is 11.8. The molecule has 0 saturated carbocycles. The molecule has 0 aliphatic carbocycles. The molecule has 2 rings (SSSR count). The van der Waals surface area contributed by atoms with E-state index in [4.69, 9.17) is 10.7 Å². The number of hydrogen-bond acceptors (Lipinski definition) is 4. The SMILES string of the molecule is Cc1cc(C)c(-c2n[nH]c(S(=O)(=O)Cl)n2)c(C)c1. The quantitative estimate of drug-likeness (QED) is 0.859. The Balaban J connectivity index is 2.60. The molecule has 0 bridgehead atoms. The summed E-state index contributed by atoms with van der Waals surface area (Å²) in [6.07, 6.45) is 0. The van der Waals surface area contributed by atoms with Crippen LogP contribution in [0.2, 0.25) is 0 Å². The highest BCUT2D eigenvalue weighted by Gasteiger charge is 2.18. The zero-order valence-electron chi connectivity index (χ0n) is 10.2. The van der Waals surface area contributed by atoms with Gasteiger partial charge in [-0.05, 0) is 31.9 Å². The predicted octanol–water partition coefficient (Wildman–Crippen LogP) is 2.32. The van der Waals surface area contributed by atoms with E-state index >= 15 is 0 Å². The van der Waals surface area contributed by atoms with Crippen LogP contribution in [-0.2, 0) is 9.05 Å². The van der Waals surface area contributed by atoms with Crippen molar-refractivity contribution in [1.29, 1.82) is 0 Å². The molecule has 1 aromatic heterocycles. The van der Waals surface area contributed by atoms with Gasteiger partial charge in [0.05, 0.1) is 0 Å². The molecule has 0 fully saturated rings. The number of hydrogen-bond donors (Lipinski definition) is 1. The molecule has 18 heavy (non-hydrogen) atoms. The number of nitrogens with zero attached hydrogens (tertiary/aromatic N) is 2. The highest BCUT2D eigenvalue weighted by atomic mass is 35.7. The summed E-state index contributed by atoms with van der Waals surface area (Å²) >= 11 is 0. The Morgan fingerprint density at radius 3 is 2.17 bits per heavy atom. The topological polar surface area (TPSA) is 75.7 Å². The van der Waals surface area contributed by atoms with E-state index in [-0.39, 0.29) is 5.16 Å². The van der Waals surface area contributed by atoms with E-state index in [1.807, 2.05) is 32.9 Å². The predicted molar refractivity (Wildman–Crippen MR) is 69.1 cm³/mol. The van der Waals surface area contributed by atoms with E-state index in [1.54, 1.807) is 0 Å². The van der Waals surface area contributed by atoms with Crippen LogP contribution in [0.25, 0.3) is 11.4 Å². The summed E-state index contributed by atoms with van der Waals surface area (Å²) in [5.74, 6) is 0.337. The van der Waals surface area contributed by atoms with Crippen LogP contribution in [0.4, 0.5) is 0 Å². The Kier molecular flexibility index (Phi) is 3.16. The number of aromatic amines is 1. The average molecular weight is 286 g/mol. The zero-order valence-corrected chi connectivity index (χ0v) is 11.7. The summed E-state index contributed by atoms with van der Waals surface area (Å²) in [6.45, 7) is 5.86. The van der Waals surface area contributed by atoms with Crippen molar-refractivity contribution in [1.82, 2.24) is 15.2 Å². The Labute approximate surface area is 110 Å². The van der Waals surface area contributed by atoms with Crippen molar-refractivity contribution in [2.45, 2.75) is 25.9 Å². The lowest BCUT2D eigenvalue weighted by molar-refractivity contribution is 0.602. The maximum absolute atomic E-state index is 11.1. The van der Waals surface area contributed by atoms with E-state index in [9.17, 15) is 8.42 Å². The van der Waals surface area contributed by atoms with Gasteiger partial charge in [-0.2, -0.15) is 10.1 Å². The fraction of sp³-hybridized carbons (Fsp3) is 0.273. The number of aromatic nitrogens is 3. The molecule has 0 atom stereocenters. The molecule has 1 heterocycles. The van der Waals surface area contributed by atoms with Crippen molar-refractivity contribution in [3.05, 3.63) is 28.8 Å². The number of benzene rings is 1. The minimum atomic E-state index is -3.88. The Bertz CT molecular complexity index is 684. The van der Waals surface area contributed by atoms with Crippen LogP contribution < -0.4 is 0 Å². The van der Waals surface area contributed by atoms with E-state index in [2.05, 4.69) is 15.2 Å². The van der Waals surface area contributed by atoms with E-state index < -0.39 is 9.05 Å². The van der Waals surface area contributed by atoms with Gasteiger partial charge in [0.2, 0.25) is 0 Å². The Morgan fingerprint density at radius 1 is 1.17 bits per heavy atom. The highest BCUT2D eigenvalue weighted by Crippen LogP contribution is 2.26. The molecule has 0 radical (unpaired) electrons. The number of aryl methyl sites for hydroxylation is 3. The molecule has 0 unspecified atom stereocenters. The van der Waals surface area contributed by atoms with Crippen molar-refractivity contribution in [2.24, 2.45) is 0 Å². The maximum Gasteiger partial charge on any atom is 0.296 e. The molecule has 1 N–H and O–H groups in total. The molecule has 0 aliphatic rings. The summed E-state index contributed by atoms with van der Waals surface area (Å²) in [7, 11) is 1.32. The smallest absolute Gasteiger partial charge is 0.248 e. The van der Waals surface area contributed by atoms with Crippen LogP contribution >= 0.6 is 10.7 Å². The monoisotopic (exact) mass is 285 g/mol. The summed E-state index contributed by atoms with van der Waals surface area (Å²) in [4.78, 5) is 3.92. The van der Waals surface area contributed by atoms with Crippen LogP contribution in [-0.4, -0.2) is 23.6 Å². The number of nitrogens with one attached hydrogen (secondary N) is 1. The lowest BCUT2D eigenvalue weighted by Gasteiger charge is -2.07. The van der Waals surface area contributed by atoms with Crippen molar-refractivity contribution in [2.75, 3.05) is 0 Å². The van der Waals surface area contributed by atoms with Gasteiger partial charge in [0.15, 0.2) is 5.82 Å². The van der Waals surface area contributed by atoms with Crippen LogP contribution in [0, 0.1) is 20.8 Å². The fourth-order valence-corrected chi connectivity index (χ4v) is 2.56. The first-order valence-corrected chi connectivity index (χ1v) is 7.55. The largest absolute Gasteiger partial charge is 0.296 e. The second-order valence-electron chi connectivity index (χ2n) is 4.18. The molecule has 5 nitrogen and oxygen atoms in total. The first kappa shape index (κ1) is 13.0. The van der Waals surface area contributed by atoms with E-state index in [0.29, 0.717) is 5.82 Å². The van der Waals surface area contributed by atoms with Gasteiger partial charge in [-0.15, -0.1) is 0 Å². The molecule has 96 valence electrons. The highest BCUT2D eigenvalue weighted by molar-refractivity contribution is 8.13. The second kappa shape index (κ2) is 4.37. The van der Waals surface area contributed by atoms with Crippen molar-refractivity contribution < 1.29 is 8.42 Å². The van der Waals surface area contributed by atoms with Crippen molar-refractivity contribution in [3.8, 4) is 11.4 Å². The second-order valence-corrected chi connectivity index (χ2v) is 6.66. The lowest BCUT2D eigenvalue weighted by Crippen LogP contribution is -1.94. The first-order valence-electron chi connectivity index (χ1n) is 5.24. The van der Waals surface area contributed by atoms with Crippen LogP contribution in [0.15, 0.2) is 17.3 Å². The van der Waals surface area contributed by atoms with Crippen molar-refractivity contribution in [3.63, 3.8) is 0 Å². The fourth-order valence-electron chi connectivity index (χ4n) is 2.00. The Morgan fingerprint density at radius 2 is 1.72 bits per heavy atom. The van der Waals surface area contributed by atoms with Gasteiger partial charge >= 0.3 is 0 Å². The van der Waals surface area contributed by atoms with Crippen LogP contribution in [0.5, 0.6) is 0 Å². The van der Waals surface area contributed by atoms with Gasteiger partial charge in [-0.3, -0.25) is 0 Å². The molecule has 0 amide bonds. The molecule has 1 aromatic carbocycles. The molecule has 0 saturated heterocycles. The first-order chi connectivity index (χ1) is 8.29. The van der Waals surface area contributed by atoms with E-state index in [1.165, 1.54) is 0 Å². The molecule has 0 spiro atoms. The molecule has 0 aliphatic heterocycles. The summed E-state index contributed by atoms with van der Waals surface area (Å²) < 4.78 is 22.3.